The molecular weight excluding hydrogens is 424 g/mol. The summed E-state index contributed by atoms with van der Waals surface area (Å²) in [7, 11) is 0. The van der Waals surface area contributed by atoms with E-state index in [1.807, 2.05) is 59.3 Å². The van der Waals surface area contributed by atoms with Gasteiger partial charge in [-0.1, -0.05) is 91.0 Å². The number of aldehydes is 1. The number of nitrogens with zero attached hydrogens (tertiary/aromatic N) is 3. The summed E-state index contributed by atoms with van der Waals surface area (Å²) in [5.74, 6) is -0.478. The number of pyridine rings is 1. The average Bonchev–Trinajstić information content (AvgIpc) is 3.24. The van der Waals surface area contributed by atoms with Crippen LogP contribution in [0.25, 0.3) is 10.9 Å². The SMILES string of the molecule is NC(=O)Cc1cc2c(cn1)c(C=O)nn2C(c1ccccc1)(c1ccccc1)c1ccccc1. The van der Waals surface area contributed by atoms with Crippen LogP contribution in [0.15, 0.2) is 103 Å². The molecule has 3 aromatic carbocycles. The van der Waals surface area contributed by atoms with Crippen molar-refractivity contribution < 1.29 is 9.59 Å². The van der Waals surface area contributed by atoms with Crippen LogP contribution >= 0.6 is 0 Å². The fraction of sp³-hybridized carbons (Fsp3) is 0.0714. The van der Waals surface area contributed by atoms with Gasteiger partial charge in [-0.15, -0.1) is 0 Å². The normalized spacial score (nSPS) is 11.4. The third kappa shape index (κ3) is 3.46. The van der Waals surface area contributed by atoms with E-state index in [4.69, 9.17) is 10.8 Å². The molecule has 0 spiro atoms. The van der Waals surface area contributed by atoms with Crippen LogP contribution in [0.3, 0.4) is 0 Å². The van der Waals surface area contributed by atoms with Gasteiger partial charge in [-0.05, 0) is 22.8 Å². The summed E-state index contributed by atoms with van der Waals surface area (Å²) in [6, 6.07) is 32.0. The van der Waals surface area contributed by atoms with Crippen molar-refractivity contribution in [2.45, 2.75) is 12.0 Å². The second kappa shape index (κ2) is 8.75. The standard InChI is InChI=1S/C28H22N4O2/c29-27(34)17-23-16-26-24(18-30-23)25(19-33)31-32(26)28(20-10-4-1-5-11-20,21-12-6-2-7-13-21)22-14-8-3-9-15-22/h1-16,18-19H,17H2,(H2,29,34). The summed E-state index contributed by atoms with van der Waals surface area (Å²) in [6.07, 6.45) is 2.32. The molecule has 2 heterocycles. The highest BCUT2D eigenvalue weighted by Gasteiger charge is 2.40. The van der Waals surface area contributed by atoms with Crippen molar-refractivity contribution in [2.24, 2.45) is 5.73 Å². The van der Waals surface area contributed by atoms with Gasteiger partial charge in [0.05, 0.1) is 17.6 Å². The van der Waals surface area contributed by atoms with Gasteiger partial charge >= 0.3 is 0 Å². The maximum Gasteiger partial charge on any atom is 0.223 e. The fourth-order valence-corrected chi connectivity index (χ4v) is 4.60. The molecule has 34 heavy (non-hydrogen) atoms. The van der Waals surface area contributed by atoms with Gasteiger partial charge in [-0.2, -0.15) is 5.10 Å². The Balaban J connectivity index is 1.96. The summed E-state index contributed by atoms with van der Waals surface area (Å²) in [5, 5.41) is 5.43. The quantitative estimate of drug-likeness (QED) is 0.301. The van der Waals surface area contributed by atoms with Crippen LogP contribution in [0, 0.1) is 0 Å². The number of carbonyl (C=O) groups is 2. The molecule has 1 amide bonds. The molecule has 0 saturated carbocycles. The molecule has 0 aliphatic heterocycles. The zero-order chi connectivity index (χ0) is 23.5. The Hall–Kier alpha value is -4.58. The molecule has 0 aliphatic rings. The molecule has 6 nitrogen and oxygen atoms in total. The molecule has 0 saturated heterocycles. The molecular formula is C28H22N4O2. The number of fused-ring (bicyclic) bond motifs is 1. The van der Waals surface area contributed by atoms with Gasteiger partial charge in [0.25, 0.3) is 0 Å². The zero-order valence-electron chi connectivity index (χ0n) is 18.3. The first kappa shape index (κ1) is 21.3. The van der Waals surface area contributed by atoms with E-state index in [1.165, 1.54) is 0 Å². The Morgan fingerprint density at radius 3 is 1.79 bits per heavy atom. The molecule has 2 aromatic heterocycles. The molecule has 0 radical (unpaired) electrons. The van der Waals surface area contributed by atoms with Crippen molar-refractivity contribution in [2.75, 3.05) is 0 Å². The Morgan fingerprint density at radius 2 is 1.35 bits per heavy atom. The van der Waals surface area contributed by atoms with Crippen molar-refractivity contribution in [1.82, 2.24) is 14.8 Å². The third-order valence-electron chi connectivity index (χ3n) is 6.01. The van der Waals surface area contributed by atoms with Crippen LogP contribution in [-0.4, -0.2) is 27.0 Å². The summed E-state index contributed by atoms with van der Waals surface area (Å²) < 4.78 is 1.87. The number of carbonyl (C=O) groups excluding carboxylic acids is 2. The minimum absolute atomic E-state index is 0.00739. The highest BCUT2D eigenvalue weighted by molar-refractivity contribution is 5.95. The Bertz CT molecular complexity index is 1370. The second-order valence-corrected chi connectivity index (χ2v) is 8.06. The fourth-order valence-electron chi connectivity index (χ4n) is 4.60. The van der Waals surface area contributed by atoms with E-state index < -0.39 is 11.4 Å². The molecule has 6 heteroatoms. The minimum atomic E-state index is -0.894. The lowest BCUT2D eigenvalue weighted by Gasteiger charge is -2.37. The lowest BCUT2D eigenvalue weighted by Crippen LogP contribution is -2.38. The number of benzene rings is 3. The minimum Gasteiger partial charge on any atom is -0.369 e. The van der Waals surface area contributed by atoms with Crippen molar-refractivity contribution >= 4 is 23.1 Å². The predicted molar refractivity (Wildman–Crippen MR) is 130 cm³/mol. The number of primary amides is 1. The second-order valence-electron chi connectivity index (χ2n) is 8.06. The Morgan fingerprint density at radius 1 is 0.853 bits per heavy atom. The highest BCUT2D eigenvalue weighted by atomic mass is 16.1. The summed E-state index contributed by atoms with van der Waals surface area (Å²) in [5.41, 5.74) is 8.95. The number of aromatic nitrogens is 3. The molecule has 5 aromatic rings. The van der Waals surface area contributed by atoms with Gasteiger partial charge < -0.3 is 5.73 Å². The van der Waals surface area contributed by atoms with E-state index in [9.17, 15) is 9.59 Å². The molecule has 0 bridgehead atoms. The topological polar surface area (TPSA) is 90.9 Å². The van der Waals surface area contributed by atoms with E-state index in [0.29, 0.717) is 16.6 Å². The maximum atomic E-state index is 12.1. The van der Waals surface area contributed by atoms with E-state index >= 15 is 0 Å². The first-order chi connectivity index (χ1) is 16.6. The van der Waals surface area contributed by atoms with Crippen LogP contribution in [-0.2, 0) is 16.8 Å². The smallest absolute Gasteiger partial charge is 0.223 e. The third-order valence-corrected chi connectivity index (χ3v) is 6.01. The molecule has 0 aliphatic carbocycles. The van der Waals surface area contributed by atoms with Gasteiger partial charge in [-0.25, -0.2) is 4.68 Å². The van der Waals surface area contributed by atoms with Gasteiger partial charge in [0.1, 0.15) is 11.2 Å². The monoisotopic (exact) mass is 446 g/mol. The van der Waals surface area contributed by atoms with Crippen LogP contribution in [0.5, 0.6) is 0 Å². The van der Waals surface area contributed by atoms with Crippen molar-refractivity contribution in [3.05, 3.63) is 131 Å². The molecule has 2 N–H and O–H groups in total. The molecule has 0 unspecified atom stereocenters. The maximum absolute atomic E-state index is 12.1. The number of hydrogen-bond donors (Lipinski definition) is 1. The van der Waals surface area contributed by atoms with Gasteiger partial charge in [0.2, 0.25) is 5.91 Å². The first-order valence-corrected chi connectivity index (χ1v) is 10.9. The van der Waals surface area contributed by atoms with Crippen molar-refractivity contribution in [3.63, 3.8) is 0 Å². The first-order valence-electron chi connectivity index (χ1n) is 10.9. The Kier molecular flexibility index (Phi) is 5.47. The van der Waals surface area contributed by atoms with Gasteiger partial charge in [0, 0.05) is 11.6 Å². The van der Waals surface area contributed by atoms with Crippen molar-refractivity contribution in [1.29, 1.82) is 0 Å². The number of amides is 1. The van der Waals surface area contributed by atoms with Crippen LogP contribution in [0.4, 0.5) is 0 Å². The van der Waals surface area contributed by atoms with Gasteiger partial charge in [-0.3, -0.25) is 14.6 Å². The largest absolute Gasteiger partial charge is 0.369 e. The molecule has 166 valence electrons. The van der Waals surface area contributed by atoms with Crippen LogP contribution < -0.4 is 5.73 Å². The lowest BCUT2D eigenvalue weighted by atomic mass is 9.77. The molecule has 0 atom stereocenters. The summed E-state index contributed by atoms with van der Waals surface area (Å²) in [6.45, 7) is 0. The molecule has 0 fully saturated rings. The lowest BCUT2D eigenvalue weighted by molar-refractivity contribution is -0.117. The number of nitrogens with two attached hydrogens (primary N) is 1. The van der Waals surface area contributed by atoms with E-state index in [-0.39, 0.29) is 12.1 Å². The Labute approximate surface area is 196 Å². The zero-order valence-corrected chi connectivity index (χ0v) is 18.3. The van der Waals surface area contributed by atoms with E-state index in [2.05, 4.69) is 41.4 Å². The average molecular weight is 447 g/mol. The molecule has 5 rings (SSSR count). The summed E-state index contributed by atoms with van der Waals surface area (Å²) >= 11 is 0. The van der Waals surface area contributed by atoms with E-state index in [0.717, 1.165) is 23.0 Å². The number of hydrogen-bond acceptors (Lipinski definition) is 4. The van der Waals surface area contributed by atoms with Gasteiger partial charge in [0.15, 0.2) is 6.29 Å². The van der Waals surface area contributed by atoms with Crippen LogP contribution in [0.2, 0.25) is 0 Å². The van der Waals surface area contributed by atoms with Crippen molar-refractivity contribution in [3.8, 4) is 0 Å². The van der Waals surface area contributed by atoms with E-state index in [1.54, 1.807) is 12.3 Å². The summed E-state index contributed by atoms with van der Waals surface area (Å²) in [4.78, 5) is 28.0. The van der Waals surface area contributed by atoms with Crippen LogP contribution in [0.1, 0.15) is 32.9 Å². The highest BCUT2D eigenvalue weighted by Crippen LogP contribution is 2.42. The number of rotatable bonds is 7. The predicted octanol–water partition coefficient (Wildman–Crippen LogP) is 4.11.